The van der Waals surface area contributed by atoms with E-state index in [4.69, 9.17) is 18.9 Å². The maximum atomic E-state index is 13.0. The van der Waals surface area contributed by atoms with E-state index in [1.807, 2.05) is 26.0 Å². The van der Waals surface area contributed by atoms with Crippen LogP contribution in [0.3, 0.4) is 0 Å². The molecule has 1 atom stereocenters. The number of hydrogen-bond acceptors (Lipinski definition) is 9. The Hall–Kier alpha value is -4.24. The van der Waals surface area contributed by atoms with E-state index in [2.05, 4.69) is 18.1 Å². The van der Waals surface area contributed by atoms with Crippen molar-refractivity contribution in [1.29, 1.82) is 0 Å². The highest BCUT2D eigenvalue weighted by Crippen LogP contribution is 2.16. The third kappa shape index (κ3) is 12.7. The lowest BCUT2D eigenvalue weighted by molar-refractivity contribution is -0.152. The van der Waals surface area contributed by atoms with Gasteiger partial charge in [-0.25, -0.2) is 9.59 Å². The number of carbonyl (C=O) groups excluding carboxylic acids is 4. The SMILES string of the molecule is C=CC(=O)OCc1ccc(COC(=O)CCC(CN(CC)CC)C(=O)OCc2ccc(COC(=O)C=C)cc2)cc1. The fraction of sp³-hybridized carbons (Fsp3) is 0.375. The van der Waals surface area contributed by atoms with Crippen LogP contribution >= 0.6 is 0 Å². The van der Waals surface area contributed by atoms with E-state index in [1.165, 1.54) is 0 Å². The molecule has 0 heterocycles. The molecule has 0 bridgehead atoms. The first-order valence-electron chi connectivity index (χ1n) is 13.6. The minimum absolute atomic E-state index is 0.0781. The zero-order chi connectivity index (χ0) is 30.0. The van der Waals surface area contributed by atoms with Gasteiger partial charge in [0, 0.05) is 25.1 Å². The van der Waals surface area contributed by atoms with Crippen LogP contribution in [0.5, 0.6) is 0 Å². The number of ether oxygens (including phenoxy) is 4. The van der Waals surface area contributed by atoms with Gasteiger partial charge < -0.3 is 23.8 Å². The van der Waals surface area contributed by atoms with Crippen LogP contribution < -0.4 is 0 Å². The van der Waals surface area contributed by atoms with Crippen molar-refractivity contribution >= 4 is 23.9 Å². The van der Waals surface area contributed by atoms with Crippen molar-refractivity contribution < 1.29 is 38.1 Å². The third-order valence-electron chi connectivity index (χ3n) is 6.33. The van der Waals surface area contributed by atoms with Gasteiger partial charge in [0.15, 0.2) is 0 Å². The average molecular weight is 566 g/mol. The van der Waals surface area contributed by atoms with Crippen LogP contribution in [-0.2, 0) is 64.6 Å². The molecule has 2 aromatic carbocycles. The first kappa shape index (κ1) is 33.0. The molecule has 0 N–H and O–H groups in total. The van der Waals surface area contributed by atoms with Crippen LogP contribution in [0.1, 0.15) is 48.9 Å². The largest absolute Gasteiger partial charge is 0.461 e. The van der Waals surface area contributed by atoms with Crippen LogP contribution in [-0.4, -0.2) is 48.4 Å². The standard InChI is InChI=1S/C32H39NO8/c1-5-29(34)38-20-24-9-11-26(12-10-24)22-40-31(36)18-17-28(19-33(7-3)8-4)32(37)41-23-27-15-13-25(14-16-27)21-39-30(35)6-2/h5-6,9-16,28H,1-2,7-8,17-23H2,3-4H3. The Balaban J connectivity index is 1.86. The highest BCUT2D eigenvalue weighted by molar-refractivity contribution is 5.81. The third-order valence-corrected chi connectivity index (χ3v) is 6.33. The number of esters is 4. The predicted octanol–water partition coefficient (Wildman–Crippen LogP) is 4.67. The quantitative estimate of drug-likeness (QED) is 0.145. The van der Waals surface area contributed by atoms with Gasteiger partial charge in [-0.15, -0.1) is 0 Å². The zero-order valence-corrected chi connectivity index (χ0v) is 23.8. The number of rotatable bonds is 18. The predicted molar refractivity (Wildman–Crippen MR) is 153 cm³/mol. The molecule has 0 saturated heterocycles. The molecule has 0 aromatic heterocycles. The van der Waals surface area contributed by atoms with Crippen LogP contribution in [0.4, 0.5) is 0 Å². The summed E-state index contributed by atoms with van der Waals surface area (Å²) in [5.41, 5.74) is 3.19. The highest BCUT2D eigenvalue weighted by Gasteiger charge is 2.24. The molecule has 0 radical (unpaired) electrons. The summed E-state index contributed by atoms with van der Waals surface area (Å²) in [6.45, 7) is 13.2. The summed E-state index contributed by atoms with van der Waals surface area (Å²) in [4.78, 5) is 50.0. The lowest BCUT2D eigenvalue weighted by Crippen LogP contribution is -2.34. The summed E-state index contributed by atoms with van der Waals surface area (Å²) >= 11 is 0. The lowest BCUT2D eigenvalue weighted by atomic mass is 10.0. The summed E-state index contributed by atoms with van der Waals surface area (Å²) in [5.74, 6) is -2.26. The first-order valence-corrected chi connectivity index (χ1v) is 13.6. The van der Waals surface area contributed by atoms with Gasteiger partial charge in [0.2, 0.25) is 0 Å². The maximum Gasteiger partial charge on any atom is 0.330 e. The smallest absolute Gasteiger partial charge is 0.330 e. The molecule has 0 saturated carbocycles. The fourth-order valence-electron chi connectivity index (χ4n) is 3.77. The Labute approximate surface area is 241 Å². The van der Waals surface area contributed by atoms with Crippen molar-refractivity contribution in [3.63, 3.8) is 0 Å². The van der Waals surface area contributed by atoms with E-state index >= 15 is 0 Å². The van der Waals surface area contributed by atoms with E-state index < -0.39 is 23.8 Å². The summed E-state index contributed by atoms with van der Waals surface area (Å²) in [5, 5.41) is 0. The Bertz CT molecular complexity index is 1150. The Kier molecular flexibility index (Phi) is 14.6. The van der Waals surface area contributed by atoms with Gasteiger partial charge in [0.05, 0.1) is 5.92 Å². The Morgan fingerprint density at radius 3 is 1.46 bits per heavy atom. The van der Waals surface area contributed by atoms with E-state index in [1.54, 1.807) is 36.4 Å². The van der Waals surface area contributed by atoms with E-state index in [0.717, 1.165) is 47.5 Å². The Morgan fingerprint density at radius 2 is 1.07 bits per heavy atom. The van der Waals surface area contributed by atoms with Gasteiger partial charge in [-0.1, -0.05) is 75.5 Å². The van der Waals surface area contributed by atoms with Crippen LogP contribution in [0.25, 0.3) is 0 Å². The molecule has 0 fully saturated rings. The van der Waals surface area contributed by atoms with Crippen LogP contribution in [0, 0.1) is 5.92 Å². The second-order valence-corrected chi connectivity index (χ2v) is 9.25. The van der Waals surface area contributed by atoms with Gasteiger partial charge in [0.25, 0.3) is 0 Å². The zero-order valence-electron chi connectivity index (χ0n) is 23.8. The van der Waals surface area contributed by atoms with Crippen LogP contribution in [0.2, 0.25) is 0 Å². The molecule has 0 aliphatic heterocycles. The first-order chi connectivity index (χ1) is 19.8. The Morgan fingerprint density at radius 1 is 0.683 bits per heavy atom. The van der Waals surface area contributed by atoms with E-state index in [-0.39, 0.29) is 38.8 Å². The molecule has 0 amide bonds. The monoisotopic (exact) mass is 565 g/mol. The minimum atomic E-state index is -0.495. The second kappa shape index (κ2) is 18.2. The normalized spacial score (nSPS) is 11.3. The van der Waals surface area contributed by atoms with Gasteiger partial charge in [-0.05, 0) is 41.8 Å². The summed E-state index contributed by atoms with van der Waals surface area (Å²) in [6, 6.07) is 14.4. The van der Waals surface area contributed by atoms with Crippen molar-refractivity contribution in [2.45, 2.75) is 53.1 Å². The van der Waals surface area contributed by atoms with Gasteiger partial charge in [-0.3, -0.25) is 9.59 Å². The molecule has 2 rings (SSSR count). The summed E-state index contributed by atoms with van der Waals surface area (Å²) in [7, 11) is 0. The van der Waals surface area contributed by atoms with E-state index in [0.29, 0.717) is 13.0 Å². The molecule has 41 heavy (non-hydrogen) atoms. The lowest BCUT2D eigenvalue weighted by Gasteiger charge is -2.24. The number of benzene rings is 2. The van der Waals surface area contributed by atoms with Crippen molar-refractivity contribution in [2.24, 2.45) is 5.92 Å². The molecule has 2 aromatic rings. The number of hydrogen-bond donors (Lipinski definition) is 0. The van der Waals surface area contributed by atoms with Crippen LogP contribution in [0.15, 0.2) is 73.8 Å². The molecule has 9 heteroatoms. The molecule has 1 unspecified atom stereocenters. The average Bonchev–Trinajstić information content (AvgIpc) is 3.01. The van der Waals surface area contributed by atoms with Crippen molar-refractivity contribution in [3.8, 4) is 0 Å². The maximum absolute atomic E-state index is 13.0. The molecule has 9 nitrogen and oxygen atoms in total. The number of nitrogens with zero attached hydrogens (tertiary/aromatic N) is 1. The fourth-order valence-corrected chi connectivity index (χ4v) is 3.77. The van der Waals surface area contributed by atoms with Crippen molar-refractivity contribution in [2.75, 3.05) is 19.6 Å². The minimum Gasteiger partial charge on any atom is -0.461 e. The topological polar surface area (TPSA) is 108 Å². The molecule has 0 spiro atoms. The number of carbonyl (C=O) groups is 4. The van der Waals surface area contributed by atoms with Crippen molar-refractivity contribution in [1.82, 2.24) is 4.90 Å². The molecular weight excluding hydrogens is 526 g/mol. The van der Waals surface area contributed by atoms with Crippen molar-refractivity contribution in [3.05, 3.63) is 96.1 Å². The van der Waals surface area contributed by atoms with Gasteiger partial charge in [0.1, 0.15) is 26.4 Å². The molecule has 0 aliphatic carbocycles. The molecule has 0 aliphatic rings. The summed E-state index contributed by atoms with van der Waals surface area (Å²) in [6.07, 6.45) is 2.59. The van der Waals surface area contributed by atoms with E-state index in [9.17, 15) is 19.2 Å². The van der Waals surface area contributed by atoms with Gasteiger partial charge in [-0.2, -0.15) is 0 Å². The molecular formula is C32H39NO8. The second-order valence-electron chi connectivity index (χ2n) is 9.25. The summed E-state index contributed by atoms with van der Waals surface area (Å²) < 4.78 is 21.0. The van der Waals surface area contributed by atoms with Gasteiger partial charge >= 0.3 is 23.9 Å². The molecule has 220 valence electrons. The highest BCUT2D eigenvalue weighted by atomic mass is 16.5.